The van der Waals surface area contributed by atoms with E-state index in [4.69, 9.17) is 16.3 Å². The second-order valence-corrected chi connectivity index (χ2v) is 9.35. The van der Waals surface area contributed by atoms with Crippen molar-refractivity contribution < 1.29 is 9.66 Å². The fourth-order valence-corrected chi connectivity index (χ4v) is 4.37. The summed E-state index contributed by atoms with van der Waals surface area (Å²) in [5.74, 6) is 0.442. The largest absolute Gasteiger partial charge is 0.481 e. The van der Waals surface area contributed by atoms with Crippen LogP contribution in [0.3, 0.4) is 0 Å². The van der Waals surface area contributed by atoms with Crippen molar-refractivity contribution in [3.05, 3.63) is 106 Å². The molecule has 0 saturated heterocycles. The van der Waals surface area contributed by atoms with Crippen LogP contribution in [0.4, 0.5) is 5.69 Å². The normalized spacial score (nSPS) is 11.3. The monoisotopic (exact) mass is 604 g/mol. The molecule has 0 bridgehead atoms. The Kier molecular flexibility index (Phi) is 7.11. The first-order chi connectivity index (χ1) is 16.2. The van der Waals surface area contributed by atoms with Gasteiger partial charge in [-0.1, -0.05) is 45.7 Å². The molecule has 34 heavy (non-hydrogen) atoms. The van der Waals surface area contributed by atoms with Gasteiger partial charge in [-0.05, 0) is 53.2 Å². The molecular weight excluding hydrogens is 592 g/mol. The van der Waals surface area contributed by atoms with Crippen LogP contribution < -0.4 is 10.3 Å². The zero-order chi connectivity index (χ0) is 24.4. The number of rotatable bonds is 6. The molecule has 1 aromatic heterocycles. The summed E-state index contributed by atoms with van der Waals surface area (Å²) in [6.45, 7) is 1.71. The Bertz CT molecular complexity index is 1520. The number of hydrogen-bond donors (Lipinski definition) is 0. The van der Waals surface area contributed by atoms with Gasteiger partial charge in [0.25, 0.3) is 5.56 Å². The van der Waals surface area contributed by atoms with Crippen LogP contribution in [0.1, 0.15) is 17.0 Å². The number of fused-ring (bicyclic) bond motifs is 1. The number of aryl methyl sites for hydroxylation is 1. The van der Waals surface area contributed by atoms with E-state index >= 15 is 0 Å². The summed E-state index contributed by atoms with van der Waals surface area (Å²) < 4.78 is 7.98. The molecule has 4 rings (SSSR count). The minimum absolute atomic E-state index is 0.0550. The average Bonchev–Trinajstić information content (AvgIpc) is 2.79. The average molecular weight is 607 g/mol. The number of halogens is 3. The summed E-state index contributed by atoms with van der Waals surface area (Å²) in [7, 11) is 0. The Labute approximate surface area is 215 Å². The van der Waals surface area contributed by atoms with Gasteiger partial charge in [0.15, 0.2) is 0 Å². The zero-order valence-corrected chi connectivity index (χ0v) is 21.5. The predicted octanol–water partition coefficient (Wildman–Crippen LogP) is 6.25. The summed E-state index contributed by atoms with van der Waals surface area (Å²) >= 11 is 12.8. The molecule has 0 unspecified atom stereocenters. The highest BCUT2D eigenvalue weighted by atomic mass is 79.9. The topological polar surface area (TPSA) is 99.6 Å². The second-order valence-electron chi connectivity index (χ2n) is 7.17. The van der Waals surface area contributed by atoms with Crippen molar-refractivity contribution in [2.75, 3.05) is 0 Å². The molecule has 0 saturated carbocycles. The molecule has 0 amide bonds. The third kappa shape index (κ3) is 5.03. The minimum atomic E-state index is -0.545. The van der Waals surface area contributed by atoms with Crippen LogP contribution in [-0.2, 0) is 6.61 Å². The Morgan fingerprint density at radius 3 is 2.71 bits per heavy atom. The molecule has 11 heteroatoms. The molecule has 0 spiro atoms. The van der Waals surface area contributed by atoms with Crippen LogP contribution in [0.5, 0.6) is 5.75 Å². The minimum Gasteiger partial charge on any atom is -0.481 e. The van der Waals surface area contributed by atoms with E-state index in [2.05, 4.69) is 41.9 Å². The first kappa shape index (κ1) is 24.1. The van der Waals surface area contributed by atoms with Gasteiger partial charge in [-0.2, -0.15) is 9.78 Å². The van der Waals surface area contributed by atoms with Crippen LogP contribution in [0, 0.1) is 17.0 Å². The molecule has 0 fully saturated rings. The molecule has 0 atom stereocenters. The first-order valence-corrected chi connectivity index (χ1v) is 11.8. The predicted molar refractivity (Wildman–Crippen MR) is 138 cm³/mol. The molecular formula is C23H15Br2ClN4O4. The molecule has 4 aromatic rings. The Morgan fingerprint density at radius 1 is 1.21 bits per heavy atom. The molecule has 1 heterocycles. The van der Waals surface area contributed by atoms with Crippen molar-refractivity contribution in [1.82, 2.24) is 9.66 Å². The van der Waals surface area contributed by atoms with Gasteiger partial charge in [-0.25, -0.2) is 4.98 Å². The van der Waals surface area contributed by atoms with Crippen molar-refractivity contribution in [3.63, 3.8) is 0 Å². The Balaban J connectivity index is 1.69. The summed E-state index contributed by atoms with van der Waals surface area (Å²) in [6, 6.07) is 15.2. The van der Waals surface area contributed by atoms with E-state index in [1.165, 1.54) is 12.3 Å². The maximum absolute atomic E-state index is 12.9. The zero-order valence-electron chi connectivity index (χ0n) is 17.5. The number of nitro groups is 1. The van der Waals surface area contributed by atoms with Gasteiger partial charge in [0, 0.05) is 26.7 Å². The van der Waals surface area contributed by atoms with Crippen LogP contribution in [0.25, 0.3) is 10.9 Å². The van der Waals surface area contributed by atoms with Crippen molar-refractivity contribution in [2.45, 2.75) is 13.5 Å². The van der Waals surface area contributed by atoms with Gasteiger partial charge >= 0.3 is 5.69 Å². The first-order valence-electron chi connectivity index (χ1n) is 9.82. The third-order valence-corrected chi connectivity index (χ3v) is 6.32. The summed E-state index contributed by atoms with van der Waals surface area (Å²) in [5.41, 5.74) is 1.03. The van der Waals surface area contributed by atoms with E-state index in [9.17, 15) is 14.9 Å². The smallest absolute Gasteiger partial charge is 0.312 e. The SMILES string of the molecule is Cc1nc2ccc(Br)cc2c(=O)n1N=Cc1cc(Br)c(OCc2ccccc2Cl)c([N+](=O)[O-])c1. The van der Waals surface area contributed by atoms with Gasteiger partial charge in [-0.15, -0.1) is 0 Å². The second kappa shape index (κ2) is 10.0. The third-order valence-electron chi connectivity index (χ3n) is 4.87. The Morgan fingerprint density at radius 2 is 1.97 bits per heavy atom. The lowest BCUT2D eigenvalue weighted by atomic mass is 10.2. The molecule has 8 nitrogen and oxygen atoms in total. The number of aromatic nitrogens is 2. The number of nitro benzene ring substituents is 1. The lowest BCUT2D eigenvalue weighted by Gasteiger charge is -2.11. The maximum atomic E-state index is 12.9. The van der Waals surface area contributed by atoms with E-state index in [-0.39, 0.29) is 23.6 Å². The van der Waals surface area contributed by atoms with E-state index in [1.807, 2.05) is 0 Å². The van der Waals surface area contributed by atoms with E-state index in [0.717, 1.165) is 9.15 Å². The molecule has 0 N–H and O–H groups in total. The fraction of sp³-hybridized carbons (Fsp3) is 0.0870. The lowest BCUT2D eigenvalue weighted by molar-refractivity contribution is -0.386. The summed E-state index contributed by atoms with van der Waals surface area (Å²) in [6.07, 6.45) is 1.36. The fourth-order valence-electron chi connectivity index (χ4n) is 3.24. The number of benzene rings is 3. The van der Waals surface area contributed by atoms with Crippen LogP contribution in [-0.4, -0.2) is 20.8 Å². The van der Waals surface area contributed by atoms with Gasteiger partial charge < -0.3 is 4.74 Å². The van der Waals surface area contributed by atoms with Crippen LogP contribution >= 0.6 is 43.5 Å². The summed E-state index contributed by atoms with van der Waals surface area (Å²) in [5, 5.41) is 16.9. The highest BCUT2D eigenvalue weighted by Crippen LogP contribution is 2.37. The quantitative estimate of drug-likeness (QED) is 0.147. The van der Waals surface area contributed by atoms with Gasteiger partial charge in [0.2, 0.25) is 5.75 Å². The van der Waals surface area contributed by atoms with Crippen molar-refractivity contribution >= 4 is 66.3 Å². The standard InChI is InChI=1S/C23H15Br2ClN4O4/c1-13-28-20-7-6-16(24)10-17(20)23(31)29(13)27-11-14-8-18(25)22(21(9-14)30(32)33)34-12-15-4-2-3-5-19(15)26/h2-11H,12H2,1H3. The number of hydrogen-bond acceptors (Lipinski definition) is 6. The Hall–Kier alpha value is -3.08. The van der Waals surface area contributed by atoms with E-state index in [1.54, 1.807) is 55.5 Å². The van der Waals surface area contributed by atoms with Crippen molar-refractivity contribution in [3.8, 4) is 5.75 Å². The molecule has 3 aromatic carbocycles. The number of ether oxygens (including phenoxy) is 1. The lowest BCUT2D eigenvalue weighted by Crippen LogP contribution is -2.20. The van der Waals surface area contributed by atoms with Gasteiger partial charge in [-0.3, -0.25) is 14.9 Å². The molecule has 0 radical (unpaired) electrons. The highest BCUT2D eigenvalue weighted by molar-refractivity contribution is 9.10. The van der Waals surface area contributed by atoms with Crippen LogP contribution in [0.15, 0.2) is 73.4 Å². The maximum Gasteiger partial charge on any atom is 0.312 e. The van der Waals surface area contributed by atoms with Crippen LogP contribution in [0.2, 0.25) is 5.02 Å². The molecule has 172 valence electrons. The molecule has 0 aliphatic heterocycles. The number of nitrogens with zero attached hydrogens (tertiary/aromatic N) is 4. The summed E-state index contributed by atoms with van der Waals surface area (Å²) in [4.78, 5) is 28.5. The molecule has 0 aliphatic carbocycles. The van der Waals surface area contributed by atoms with Crippen molar-refractivity contribution in [2.24, 2.45) is 5.10 Å². The van der Waals surface area contributed by atoms with E-state index < -0.39 is 4.92 Å². The van der Waals surface area contributed by atoms with Gasteiger partial charge in [0.1, 0.15) is 12.4 Å². The molecule has 0 aliphatic rings. The van der Waals surface area contributed by atoms with E-state index in [0.29, 0.717) is 37.3 Å². The van der Waals surface area contributed by atoms with Crippen molar-refractivity contribution in [1.29, 1.82) is 0 Å². The van der Waals surface area contributed by atoms with Gasteiger partial charge in [0.05, 0.1) is 26.5 Å². The highest BCUT2D eigenvalue weighted by Gasteiger charge is 2.21.